The second-order valence-electron chi connectivity index (χ2n) is 4.14. The lowest BCUT2D eigenvalue weighted by atomic mass is 10.1. The fourth-order valence-electron chi connectivity index (χ4n) is 1.77. The Balaban J connectivity index is 2.28. The highest BCUT2D eigenvalue weighted by Crippen LogP contribution is 2.22. The van der Waals surface area contributed by atoms with Crippen molar-refractivity contribution in [2.24, 2.45) is 0 Å². The molecule has 20 heavy (non-hydrogen) atoms. The van der Waals surface area contributed by atoms with Gasteiger partial charge in [0.1, 0.15) is 0 Å². The summed E-state index contributed by atoms with van der Waals surface area (Å²) in [5, 5.41) is 11.3. The van der Waals surface area contributed by atoms with Crippen molar-refractivity contribution >= 4 is 29.0 Å². The largest absolute Gasteiger partial charge is 0.406 e. The molecule has 0 radical (unpaired) electrons. The van der Waals surface area contributed by atoms with Gasteiger partial charge in [-0.25, -0.2) is 0 Å². The molecule has 2 N–H and O–H groups in total. The van der Waals surface area contributed by atoms with Crippen LogP contribution in [0, 0.1) is 17.0 Å². The van der Waals surface area contributed by atoms with Gasteiger partial charge in [-0.15, -0.1) is 0 Å². The van der Waals surface area contributed by atoms with Crippen molar-refractivity contribution in [2.45, 2.75) is 13.5 Å². The average molecular weight is 295 g/mol. The van der Waals surface area contributed by atoms with E-state index in [-0.39, 0.29) is 18.1 Å². The van der Waals surface area contributed by atoms with E-state index in [1.165, 1.54) is 4.57 Å². The molecule has 2 rings (SSSR count). The molecule has 7 nitrogen and oxygen atoms in total. The Bertz CT molecular complexity index is 679. The first-order valence-electron chi connectivity index (χ1n) is 5.66. The number of aromatic nitrogens is 2. The highest BCUT2D eigenvalue weighted by Gasteiger charge is 2.24. The number of nitro groups is 1. The summed E-state index contributed by atoms with van der Waals surface area (Å²) >= 11 is 5.74. The minimum Gasteiger partial charge on any atom is -0.378 e. The summed E-state index contributed by atoms with van der Waals surface area (Å²) in [4.78, 5) is 25.9. The first-order chi connectivity index (χ1) is 9.40. The van der Waals surface area contributed by atoms with Gasteiger partial charge in [0.15, 0.2) is 5.78 Å². The molecule has 2 aromatic rings. The van der Waals surface area contributed by atoms with Crippen LogP contribution in [0.3, 0.4) is 0 Å². The number of benzene rings is 1. The minimum absolute atomic E-state index is 0.111. The number of nitrogens with zero attached hydrogens (tertiary/aromatic N) is 3. The van der Waals surface area contributed by atoms with Crippen LogP contribution in [-0.4, -0.2) is 20.3 Å². The van der Waals surface area contributed by atoms with Crippen molar-refractivity contribution in [3.63, 3.8) is 0 Å². The fourth-order valence-corrected chi connectivity index (χ4v) is 1.90. The lowest BCUT2D eigenvalue weighted by molar-refractivity contribution is -0.388. The molecule has 0 amide bonds. The van der Waals surface area contributed by atoms with Gasteiger partial charge in [0.25, 0.3) is 0 Å². The van der Waals surface area contributed by atoms with Crippen molar-refractivity contribution in [3.05, 3.63) is 50.8 Å². The third kappa shape index (κ3) is 2.62. The van der Waals surface area contributed by atoms with E-state index < -0.39 is 10.7 Å². The summed E-state index contributed by atoms with van der Waals surface area (Å²) in [6, 6.07) is 6.37. The lowest BCUT2D eigenvalue weighted by Crippen LogP contribution is -2.14. The van der Waals surface area contributed by atoms with Crippen LogP contribution in [0.1, 0.15) is 16.2 Å². The fraction of sp³-hybridized carbons (Fsp3) is 0.167. The molecule has 0 aliphatic carbocycles. The number of nitrogens with two attached hydrogens (primary N) is 1. The van der Waals surface area contributed by atoms with Crippen LogP contribution >= 0.6 is 11.6 Å². The zero-order valence-electron chi connectivity index (χ0n) is 10.5. The van der Waals surface area contributed by atoms with Crippen molar-refractivity contribution < 1.29 is 9.72 Å². The van der Waals surface area contributed by atoms with Gasteiger partial charge in [0.05, 0.1) is 6.54 Å². The Morgan fingerprint density at radius 3 is 2.55 bits per heavy atom. The summed E-state index contributed by atoms with van der Waals surface area (Å²) < 4.78 is 1.31. The zero-order valence-corrected chi connectivity index (χ0v) is 11.3. The number of carbonyl (C=O) groups excluding carboxylic acids is 1. The smallest absolute Gasteiger partial charge is 0.378 e. The Morgan fingerprint density at radius 2 is 2.05 bits per heavy atom. The molecule has 0 atom stereocenters. The van der Waals surface area contributed by atoms with Crippen LogP contribution in [0.25, 0.3) is 0 Å². The number of hydrogen-bond donors (Lipinski definition) is 1. The number of ketones is 1. The van der Waals surface area contributed by atoms with Crippen molar-refractivity contribution in [2.75, 3.05) is 5.73 Å². The summed E-state index contributed by atoms with van der Waals surface area (Å²) in [6.07, 6.45) is 0. The highest BCUT2D eigenvalue weighted by molar-refractivity contribution is 6.30. The van der Waals surface area contributed by atoms with Crippen LogP contribution in [0.5, 0.6) is 0 Å². The van der Waals surface area contributed by atoms with Gasteiger partial charge < -0.3 is 15.8 Å². The summed E-state index contributed by atoms with van der Waals surface area (Å²) in [5.74, 6) is -0.485. The quantitative estimate of drug-likeness (QED) is 0.529. The molecule has 0 spiro atoms. The normalized spacial score (nSPS) is 10.5. The van der Waals surface area contributed by atoms with Gasteiger partial charge in [0, 0.05) is 17.5 Å². The molecule has 1 aromatic heterocycles. The second-order valence-corrected chi connectivity index (χ2v) is 4.58. The number of carbonyl (C=O) groups is 1. The molecule has 0 unspecified atom stereocenters. The monoisotopic (exact) mass is 294 g/mol. The van der Waals surface area contributed by atoms with Crippen molar-refractivity contribution in [3.8, 4) is 0 Å². The minimum atomic E-state index is -0.675. The molecule has 1 heterocycles. The Morgan fingerprint density at radius 1 is 1.45 bits per heavy atom. The first kappa shape index (κ1) is 14.0. The molecule has 0 aliphatic heterocycles. The number of Topliss-reactive ketones (excluding diaryl/α,β-unsaturated/α-hetero) is 1. The van der Waals surface area contributed by atoms with E-state index in [2.05, 4.69) is 4.98 Å². The summed E-state index contributed by atoms with van der Waals surface area (Å²) in [7, 11) is 0. The molecule has 0 fully saturated rings. The predicted octanol–water partition coefficient (Wildman–Crippen LogP) is 2.22. The SMILES string of the molecule is Cc1nc([N+](=O)[O-])c(N)n1CC(=O)c1ccc(Cl)cc1. The number of aryl methyl sites for hydroxylation is 1. The molecule has 0 bridgehead atoms. The first-order valence-corrected chi connectivity index (χ1v) is 6.03. The maximum absolute atomic E-state index is 12.1. The van der Waals surface area contributed by atoms with Gasteiger partial charge in [-0.2, -0.15) is 0 Å². The third-order valence-electron chi connectivity index (χ3n) is 2.82. The van der Waals surface area contributed by atoms with E-state index in [1.807, 2.05) is 0 Å². The van der Waals surface area contributed by atoms with E-state index in [0.29, 0.717) is 16.4 Å². The van der Waals surface area contributed by atoms with Crippen LogP contribution in [0.4, 0.5) is 11.6 Å². The molecule has 0 saturated carbocycles. The molecule has 8 heteroatoms. The second kappa shape index (κ2) is 5.30. The molecular formula is C12H11ClN4O3. The number of imidazole rings is 1. The molecule has 0 saturated heterocycles. The molecular weight excluding hydrogens is 284 g/mol. The summed E-state index contributed by atoms with van der Waals surface area (Å²) in [6.45, 7) is 1.44. The lowest BCUT2D eigenvalue weighted by Gasteiger charge is -2.04. The van der Waals surface area contributed by atoms with Crippen molar-refractivity contribution in [1.29, 1.82) is 0 Å². The number of nitrogen functional groups attached to an aromatic ring is 1. The molecule has 104 valence electrons. The Kier molecular flexibility index (Phi) is 3.71. The van der Waals surface area contributed by atoms with Crippen LogP contribution < -0.4 is 5.73 Å². The number of rotatable bonds is 4. The zero-order chi connectivity index (χ0) is 14.9. The van der Waals surface area contributed by atoms with Gasteiger partial charge in [-0.3, -0.25) is 9.36 Å². The number of halogens is 1. The number of hydrogen-bond acceptors (Lipinski definition) is 5. The van der Waals surface area contributed by atoms with Gasteiger partial charge in [-0.05, 0) is 34.2 Å². The predicted molar refractivity (Wildman–Crippen MR) is 73.8 cm³/mol. The maximum Gasteiger partial charge on any atom is 0.406 e. The van der Waals surface area contributed by atoms with Crippen LogP contribution in [0.15, 0.2) is 24.3 Å². The van der Waals surface area contributed by atoms with Gasteiger partial charge in [0.2, 0.25) is 11.6 Å². The highest BCUT2D eigenvalue weighted by atomic mass is 35.5. The summed E-state index contributed by atoms with van der Waals surface area (Å²) in [5.41, 5.74) is 6.09. The molecule has 1 aromatic carbocycles. The Labute approximate surface area is 119 Å². The topological polar surface area (TPSA) is 104 Å². The third-order valence-corrected chi connectivity index (χ3v) is 3.07. The van der Waals surface area contributed by atoms with Gasteiger partial charge in [-0.1, -0.05) is 11.6 Å². The van der Waals surface area contributed by atoms with E-state index >= 15 is 0 Å². The average Bonchev–Trinajstić information content (AvgIpc) is 2.67. The van der Waals surface area contributed by atoms with E-state index in [0.717, 1.165) is 0 Å². The molecule has 0 aliphatic rings. The number of anilines is 1. The van der Waals surface area contributed by atoms with E-state index in [1.54, 1.807) is 31.2 Å². The standard InChI is InChI=1S/C12H11ClN4O3/c1-7-15-12(17(19)20)11(14)16(7)6-10(18)8-2-4-9(13)5-3-8/h2-5H,6,14H2,1H3. The Hall–Kier alpha value is -2.41. The maximum atomic E-state index is 12.1. The van der Waals surface area contributed by atoms with E-state index in [4.69, 9.17) is 17.3 Å². The van der Waals surface area contributed by atoms with Crippen molar-refractivity contribution in [1.82, 2.24) is 9.55 Å². The van der Waals surface area contributed by atoms with Crippen LogP contribution in [0.2, 0.25) is 5.02 Å². The van der Waals surface area contributed by atoms with Gasteiger partial charge >= 0.3 is 5.82 Å². The van der Waals surface area contributed by atoms with E-state index in [9.17, 15) is 14.9 Å². The van der Waals surface area contributed by atoms with Crippen LogP contribution in [-0.2, 0) is 6.54 Å².